The minimum absolute atomic E-state index is 0. The first-order valence-corrected chi connectivity index (χ1v) is 10.4. The Kier molecular flexibility index (Phi) is 30.5. The minimum atomic E-state index is -2.31. The van der Waals surface area contributed by atoms with Gasteiger partial charge in [-0.15, -0.1) is 0 Å². The van der Waals surface area contributed by atoms with Crippen LogP contribution in [0.1, 0.15) is 0 Å². The third kappa shape index (κ3) is 18.8. The molecule has 0 saturated carbocycles. The molecule has 0 aliphatic heterocycles. The molecule has 0 rings (SSSR count). The number of carbonyl (C=O) groups excluding carboxylic acids is 1. The molecule has 0 saturated heterocycles. The van der Waals surface area contributed by atoms with Gasteiger partial charge >= 0.3 is 41.5 Å². The van der Waals surface area contributed by atoms with Crippen LogP contribution in [-0.4, -0.2) is 203 Å². The van der Waals surface area contributed by atoms with Crippen LogP contribution in [0.25, 0.3) is 0 Å². The Morgan fingerprint density at radius 3 is 0.805 bits per heavy atom. The number of aliphatic hydroxyl groups excluding tert-OH is 15. The summed E-state index contributed by atoms with van der Waals surface area (Å²) >= 11 is 0. The van der Waals surface area contributed by atoms with Crippen LogP contribution in [0, 0.1) is 0 Å². The molecule has 12 unspecified atom stereocenters. The second-order valence-corrected chi connectivity index (χ2v) is 7.52. The average molecular weight is 628 g/mol. The second-order valence-electron chi connectivity index (χ2n) is 7.52. The Morgan fingerprint density at radius 1 is 0.463 bits per heavy atom. The van der Waals surface area contributed by atoms with Crippen molar-refractivity contribution in [3.05, 3.63) is 0 Å². The molecule has 0 radical (unpaired) electrons. The van der Waals surface area contributed by atoms with Crippen LogP contribution in [0.15, 0.2) is 0 Å². The summed E-state index contributed by atoms with van der Waals surface area (Å²) in [6.45, 7) is -2.55. The SMILES string of the molecule is O.O=C(O)C(O)C(O)C(O)C(O)CO.O=C(O)C(O)C(O)C(O)C(O)CO.O=C([O-])C(O)C(O)C(O)C(O)CO.[Na+]. The number of carbonyl (C=O) groups is 3. The van der Waals surface area contributed by atoms with E-state index in [1.165, 1.54) is 0 Å². The van der Waals surface area contributed by atoms with E-state index in [9.17, 15) is 19.5 Å². The number of aliphatic hydroxyl groups is 15. The van der Waals surface area contributed by atoms with Crippen molar-refractivity contribution in [1.29, 1.82) is 0 Å². The van der Waals surface area contributed by atoms with Crippen LogP contribution in [0.4, 0.5) is 0 Å². The molecule has 23 heteroatoms. The van der Waals surface area contributed by atoms with Crippen molar-refractivity contribution in [2.45, 2.75) is 73.2 Å². The van der Waals surface area contributed by atoms with Gasteiger partial charge in [-0.2, -0.15) is 0 Å². The van der Waals surface area contributed by atoms with Gasteiger partial charge in [0.25, 0.3) is 0 Å². The summed E-state index contributed by atoms with van der Waals surface area (Å²) in [5.74, 6) is -5.43. The van der Waals surface area contributed by atoms with Crippen molar-refractivity contribution in [3.63, 3.8) is 0 Å². The molecule has 242 valence electrons. The Morgan fingerprint density at radius 2 is 0.659 bits per heavy atom. The first-order chi connectivity index (χ1) is 17.7. The topological polar surface area (TPSA) is 450 Å². The van der Waals surface area contributed by atoms with Gasteiger partial charge in [-0.25, -0.2) is 9.59 Å². The quantitative estimate of drug-likeness (QED) is 0.0748. The summed E-state index contributed by atoms with van der Waals surface area (Å²) in [5.41, 5.74) is 0. The number of carboxylic acid groups (broad SMARTS) is 3. The van der Waals surface area contributed by atoms with Crippen molar-refractivity contribution in [2.24, 2.45) is 0 Å². The molecule has 0 bridgehead atoms. The number of carboxylic acids is 3. The third-order valence-corrected chi connectivity index (χ3v) is 4.51. The monoisotopic (exact) mass is 628 g/mol. The van der Waals surface area contributed by atoms with Crippen molar-refractivity contribution in [1.82, 2.24) is 0 Å². The number of hydrogen-bond donors (Lipinski definition) is 17. The number of rotatable bonds is 15. The van der Waals surface area contributed by atoms with Crippen molar-refractivity contribution in [2.75, 3.05) is 19.8 Å². The molecule has 0 aliphatic rings. The van der Waals surface area contributed by atoms with E-state index in [0.29, 0.717) is 0 Å². The second kappa shape index (κ2) is 25.3. The molecule has 0 amide bonds. The Balaban J connectivity index is -0.000000154. The summed E-state index contributed by atoms with van der Waals surface area (Å²) in [7, 11) is 0. The van der Waals surface area contributed by atoms with Crippen LogP contribution >= 0.6 is 0 Å². The number of aliphatic carboxylic acids is 3. The molecular weight excluding hydrogens is 591 g/mol. The van der Waals surface area contributed by atoms with Crippen LogP contribution in [0.5, 0.6) is 0 Å². The first kappa shape index (κ1) is 49.4. The van der Waals surface area contributed by atoms with Crippen molar-refractivity contribution in [3.8, 4) is 0 Å². The molecule has 0 fully saturated rings. The van der Waals surface area contributed by atoms with Gasteiger partial charge < -0.3 is 102 Å². The van der Waals surface area contributed by atoms with Crippen LogP contribution in [0.2, 0.25) is 0 Å². The molecule has 0 aromatic heterocycles. The number of hydrogen-bond acceptors (Lipinski definition) is 19. The van der Waals surface area contributed by atoms with Crippen molar-refractivity contribution >= 4 is 17.9 Å². The summed E-state index contributed by atoms with van der Waals surface area (Å²) < 4.78 is 0. The van der Waals surface area contributed by atoms with E-state index >= 15 is 0 Å². The summed E-state index contributed by atoms with van der Waals surface area (Å²) in [4.78, 5) is 30.2. The van der Waals surface area contributed by atoms with Gasteiger partial charge in [-0.3, -0.25) is 0 Å². The molecular formula is C18H37NaO22. The molecule has 0 spiro atoms. The van der Waals surface area contributed by atoms with Crippen LogP contribution in [0.3, 0.4) is 0 Å². The molecule has 12 atom stereocenters. The molecule has 0 aliphatic carbocycles. The normalized spacial score (nSPS) is 19.4. The Bertz CT molecular complexity index is 609. The van der Waals surface area contributed by atoms with Gasteiger partial charge in [0.1, 0.15) is 61.0 Å². The van der Waals surface area contributed by atoms with E-state index < -0.39 is 111 Å². The predicted octanol–water partition coefficient (Wildman–Crippen LogP) is -15.6. The van der Waals surface area contributed by atoms with Gasteiger partial charge in [0.2, 0.25) is 0 Å². The fourth-order valence-electron chi connectivity index (χ4n) is 2.00. The summed E-state index contributed by atoms with van der Waals surface area (Å²) in [6, 6.07) is 0. The molecule has 0 heterocycles. The molecule has 19 N–H and O–H groups in total. The minimum Gasteiger partial charge on any atom is -0.547 e. The van der Waals surface area contributed by atoms with Gasteiger partial charge in [0.15, 0.2) is 12.2 Å². The molecule has 22 nitrogen and oxygen atoms in total. The average Bonchev–Trinajstić information content (AvgIpc) is 2.92. The van der Waals surface area contributed by atoms with Gasteiger partial charge in [0.05, 0.1) is 25.8 Å². The zero-order chi connectivity index (χ0) is 31.8. The maximum Gasteiger partial charge on any atom is 1.00 e. The fourth-order valence-corrected chi connectivity index (χ4v) is 2.00. The third-order valence-electron chi connectivity index (χ3n) is 4.51. The van der Waals surface area contributed by atoms with Crippen molar-refractivity contribution < 1.29 is 141 Å². The maximum absolute atomic E-state index is 10.1. The first-order valence-electron chi connectivity index (χ1n) is 10.4. The molecule has 0 aromatic rings. The predicted molar refractivity (Wildman–Crippen MR) is 117 cm³/mol. The standard InChI is InChI=1S/3C6H12O7.Na.H2O/c3*7-1-2(8)3(9)4(10)5(11)6(12)13;;/h3*2-5,7-11H,1H2,(H,12,13);;1H2/q;;;+1;/p-1. The zero-order valence-electron chi connectivity index (χ0n) is 21.3. The zero-order valence-corrected chi connectivity index (χ0v) is 23.3. The van der Waals surface area contributed by atoms with E-state index in [1.54, 1.807) is 0 Å². The largest absolute Gasteiger partial charge is 1.00 e. The Labute approximate surface area is 252 Å². The van der Waals surface area contributed by atoms with Gasteiger partial charge in [0, 0.05) is 0 Å². The Hall–Kier alpha value is -1.23. The van der Waals surface area contributed by atoms with Gasteiger partial charge in [-0.05, 0) is 0 Å². The fraction of sp³-hybridized carbons (Fsp3) is 0.833. The van der Waals surface area contributed by atoms with Gasteiger partial charge in [-0.1, -0.05) is 0 Å². The molecule has 0 aromatic carbocycles. The van der Waals surface area contributed by atoms with E-state index in [2.05, 4.69) is 0 Å². The summed E-state index contributed by atoms with van der Waals surface area (Å²) in [6.07, 6.45) is -23.8. The summed E-state index contributed by atoms with van der Waals surface area (Å²) in [5, 5.41) is 157. The molecule has 41 heavy (non-hydrogen) atoms. The van der Waals surface area contributed by atoms with E-state index in [0.717, 1.165) is 0 Å². The van der Waals surface area contributed by atoms with E-state index in [-0.39, 0.29) is 35.0 Å². The van der Waals surface area contributed by atoms with E-state index in [4.69, 9.17) is 86.8 Å². The van der Waals surface area contributed by atoms with Crippen LogP contribution in [-0.2, 0) is 14.4 Å². The van der Waals surface area contributed by atoms with E-state index in [1.807, 2.05) is 0 Å². The smallest absolute Gasteiger partial charge is 0.547 e. The van der Waals surface area contributed by atoms with Crippen LogP contribution < -0.4 is 34.7 Å². The maximum atomic E-state index is 10.1.